The SMILES string of the molecule is CCC(C)(CC(C)(C)C(=O)O)C(=O)OCC=Cc1ccccc1. The Morgan fingerprint density at radius 2 is 1.78 bits per heavy atom. The highest BCUT2D eigenvalue weighted by Crippen LogP contribution is 2.37. The van der Waals surface area contributed by atoms with Crippen molar-refractivity contribution >= 4 is 18.0 Å². The molecule has 4 nitrogen and oxygen atoms in total. The number of aliphatic carboxylic acids is 1. The minimum Gasteiger partial charge on any atom is -0.481 e. The fraction of sp³-hybridized carbons (Fsp3) is 0.474. The Labute approximate surface area is 138 Å². The van der Waals surface area contributed by atoms with Gasteiger partial charge in [-0.2, -0.15) is 0 Å². The Hall–Kier alpha value is -2.10. The minimum absolute atomic E-state index is 0.177. The number of esters is 1. The maximum Gasteiger partial charge on any atom is 0.312 e. The van der Waals surface area contributed by atoms with E-state index in [0.29, 0.717) is 6.42 Å². The van der Waals surface area contributed by atoms with Crippen LogP contribution in [0.3, 0.4) is 0 Å². The van der Waals surface area contributed by atoms with Gasteiger partial charge >= 0.3 is 11.9 Å². The molecule has 0 aromatic heterocycles. The summed E-state index contributed by atoms with van der Waals surface area (Å²) in [5, 5.41) is 9.26. The molecule has 0 aliphatic heterocycles. The van der Waals surface area contributed by atoms with Gasteiger partial charge < -0.3 is 9.84 Å². The lowest BCUT2D eigenvalue weighted by Crippen LogP contribution is -2.37. The summed E-state index contributed by atoms with van der Waals surface area (Å²) in [7, 11) is 0. The molecule has 1 unspecified atom stereocenters. The first-order valence-corrected chi connectivity index (χ1v) is 7.83. The lowest BCUT2D eigenvalue weighted by atomic mass is 9.72. The van der Waals surface area contributed by atoms with Gasteiger partial charge in [0, 0.05) is 0 Å². The van der Waals surface area contributed by atoms with Crippen LogP contribution in [0.25, 0.3) is 6.08 Å². The van der Waals surface area contributed by atoms with Gasteiger partial charge in [0.05, 0.1) is 10.8 Å². The summed E-state index contributed by atoms with van der Waals surface area (Å²) in [6.45, 7) is 7.08. The average molecular weight is 318 g/mol. The quantitative estimate of drug-likeness (QED) is 0.731. The van der Waals surface area contributed by atoms with Crippen molar-refractivity contribution < 1.29 is 19.4 Å². The highest BCUT2D eigenvalue weighted by atomic mass is 16.5. The van der Waals surface area contributed by atoms with Crippen LogP contribution in [0.4, 0.5) is 0 Å². The molecule has 0 aliphatic carbocycles. The van der Waals surface area contributed by atoms with E-state index in [1.807, 2.05) is 43.3 Å². The highest BCUT2D eigenvalue weighted by molar-refractivity contribution is 5.79. The summed E-state index contributed by atoms with van der Waals surface area (Å²) >= 11 is 0. The van der Waals surface area contributed by atoms with Gasteiger partial charge in [-0.3, -0.25) is 9.59 Å². The predicted octanol–water partition coefficient (Wildman–Crippen LogP) is 4.16. The largest absolute Gasteiger partial charge is 0.481 e. The van der Waals surface area contributed by atoms with Crippen LogP contribution in [0.5, 0.6) is 0 Å². The molecule has 1 N–H and O–H groups in total. The average Bonchev–Trinajstić information content (AvgIpc) is 2.51. The van der Waals surface area contributed by atoms with Crippen molar-refractivity contribution in [3.05, 3.63) is 42.0 Å². The number of ether oxygens (including phenoxy) is 1. The molecule has 1 atom stereocenters. The Bertz CT molecular complexity index is 560. The molecular formula is C19H26O4. The summed E-state index contributed by atoms with van der Waals surface area (Å²) in [5.41, 5.74) is -0.736. The summed E-state index contributed by atoms with van der Waals surface area (Å²) in [6.07, 6.45) is 4.45. The van der Waals surface area contributed by atoms with Crippen LogP contribution >= 0.6 is 0 Å². The van der Waals surface area contributed by atoms with E-state index in [1.54, 1.807) is 26.8 Å². The maximum absolute atomic E-state index is 12.4. The monoisotopic (exact) mass is 318 g/mol. The van der Waals surface area contributed by atoms with Crippen LogP contribution in [-0.2, 0) is 14.3 Å². The molecule has 1 aromatic rings. The van der Waals surface area contributed by atoms with Crippen LogP contribution < -0.4 is 0 Å². The molecular weight excluding hydrogens is 292 g/mol. The first-order chi connectivity index (χ1) is 10.7. The van der Waals surface area contributed by atoms with E-state index in [0.717, 1.165) is 5.56 Å². The molecule has 0 radical (unpaired) electrons. The molecule has 0 bridgehead atoms. The van der Waals surface area contributed by atoms with Crippen LogP contribution in [0.1, 0.15) is 46.1 Å². The number of carbonyl (C=O) groups is 2. The molecule has 0 heterocycles. The predicted molar refractivity (Wildman–Crippen MR) is 90.9 cm³/mol. The Morgan fingerprint density at radius 1 is 1.17 bits per heavy atom. The highest BCUT2D eigenvalue weighted by Gasteiger charge is 2.41. The minimum atomic E-state index is -0.969. The molecule has 4 heteroatoms. The maximum atomic E-state index is 12.4. The van der Waals surface area contributed by atoms with Crippen molar-refractivity contribution in [3.63, 3.8) is 0 Å². The molecule has 126 valence electrons. The van der Waals surface area contributed by atoms with Crippen LogP contribution in [0.2, 0.25) is 0 Å². The third-order valence-electron chi connectivity index (χ3n) is 4.10. The van der Waals surface area contributed by atoms with Crippen molar-refractivity contribution in [1.82, 2.24) is 0 Å². The standard InChI is InChI=1S/C19H26O4/c1-5-19(4,14-18(2,3)16(20)21)17(22)23-13-9-12-15-10-7-6-8-11-15/h6-12H,5,13-14H2,1-4H3,(H,20,21). The van der Waals surface area contributed by atoms with Gasteiger partial charge in [-0.05, 0) is 45.3 Å². The Morgan fingerprint density at radius 3 is 2.30 bits per heavy atom. The molecule has 1 aromatic carbocycles. The number of carbonyl (C=O) groups excluding carboxylic acids is 1. The van der Waals surface area contributed by atoms with Crippen LogP contribution in [0, 0.1) is 10.8 Å². The van der Waals surface area contributed by atoms with Crippen molar-refractivity contribution in [3.8, 4) is 0 Å². The molecule has 23 heavy (non-hydrogen) atoms. The van der Waals surface area contributed by atoms with Crippen molar-refractivity contribution in [2.45, 2.75) is 40.5 Å². The fourth-order valence-corrected chi connectivity index (χ4v) is 2.44. The zero-order chi connectivity index (χ0) is 17.5. The first-order valence-electron chi connectivity index (χ1n) is 7.83. The van der Waals surface area contributed by atoms with E-state index in [9.17, 15) is 14.7 Å². The van der Waals surface area contributed by atoms with E-state index in [1.165, 1.54) is 0 Å². The van der Waals surface area contributed by atoms with E-state index in [-0.39, 0.29) is 19.0 Å². The smallest absolute Gasteiger partial charge is 0.312 e. The van der Waals surface area contributed by atoms with E-state index in [4.69, 9.17) is 4.74 Å². The number of carboxylic acid groups (broad SMARTS) is 1. The Balaban J connectivity index is 2.63. The molecule has 0 aliphatic rings. The third kappa shape index (κ3) is 5.55. The Kier molecular flexibility index (Phi) is 6.55. The van der Waals surface area contributed by atoms with Gasteiger partial charge in [0.2, 0.25) is 0 Å². The van der Waals surface area contributed by atoms with Gasteiger partial charge in [0.25, 0.3) is 0 Å². The van der Waals surface area contributed by atoms with Crippen LogP contribution in [0.15, 0.2) is 36.4 Å². The molecule has 0 spiro atoms. The zero-order valence-corrected chi connectivity index (χ0v) is 14.3. The van der Waals surface area contributed by atoms with Gasteiger partial charge in [0.1, 0.15) is 6.61 Å². The molecule has 0 fully saturated rings. The van der Waals surface area contributed by atoms with E-state index >= 15 is 0 Å². The summed E-state index contributed by atoms with van der Waals surface area (Å²) in [6, 6.07) is 9.74. The lowest BCUT2D eigenvalue weighted by Gasteiger charge is -2.32. The van der Waals surface area contributed by atoms with Crippen molar-refractivity contribution in [2.24, 2.45) is 10.8 Å². The van der Waals surface area contributed by atoms with Gasteiger partial charge in [-0.15, -0.1) is 0 Å². The summed E-state index contributed by atoms with van der Waals surface area (Å²) in [5.74, 6) is -1.26. The topological polar surface area (TPSA) is 63.6 Å². The second-order valence-corrected chi connectivity index (χ2v) is 6.69. The van der Waals surface area contributed by atoms with Crippen LogP contribution in [-0.4, -0.2) is 23.7 Å². The van der Waals surface area contributed by atoms with Gasteiger partial charge in [-0.25, -0.2) is 0 Å². The second-order valence-electron chi connectivity index (χ2n) is 6.69. The number of carboxylic acids is 1. The van der Waals surface area contributed by atoms with E-state index in [2.05, 4.69) is 0 Å². The molecule has 1 rings (SSSR count). The van der Waals surface area contributed by atoms with Gasteiger partial charge in [0.15, 0.2) is 0 Å². The number of hydrogen-bond acceptors (Lipinski definition) is 3. The van der Waals surface area contributed by atoms with Crippen molar-refractivity contribution in [2.75, 3.05) is 6.61 Å². The number of hydrogen-bond donors (Lipinski definition) is 1. The lowest BCUT2D eigenvalue weighted by molar-refractivity contribution is -0.159. The fourth-order valence-electron chi connectivity index (χ4n) is 2.44. The third-order valence-corrected chi connectivity index (χ3v) is 4.10. The number of benzene rings is 1. The van der Waals surface area contributed by atoms with Crippen molar-refractivity contribution in [1.29, 1.82) is 0 Å². The normalized spacial score (nSPS) is 14.4. The first kappa shape index (κ1) is 18.9. The molecule has 0 saturated heterocycles. The summed E-state index contributed by atoms with van der Waals surface area (Å²) in [4.78, 5) is 23.6. The molecule has 0 amide bonds. The second kappa shape index (κ2) is 7.95. The number of rotatable bonds is 8. The molecule has 0 saturated carbocycles. The van der Waals surface area contributed by atoms with Gasteiger partial charge in [-0.1, -0.05) is 43.3 Å². The zero-order valence-electron chi connectivity index (χ0n) is 14.3. The van der Waals surface area contributed by atoms with E-state index < -0.39 is 16.8 Å². The summed E-state index contributed by atoms with van der Waals surface area (Å²) < 4.78 is 5.33.